The Labute approximate surface area is 115 Å². The van der Waals surface area contributed by atoms with Crippen molar-refractivity contribution >= 4 is 22.4 Å². The summed E-state index contributed by atoms with van der Waals surface area (Å²) in [6, 6.07) is 14.3. The highest BCUT2D eigenvalue weighted by atomic mass is 35.5. The maximum absolute atomic E-state index is 6.02. The molecule has 0 atom stereocenters. The lowest BCUT2D eigenvalue weighted by molar-refractivity contribution is 0.413. The molecule has 94 valence electrons. The molecule has 0 fully saturated rings. The normalized spacial score (nSPS) is 10.6. The van der Waals surface area contributed by atoms with Crippen molar-refractivity contribution in [2.24, 2.45) is 0 Å². The van der Waals surface area contributed by atoms with Gasteiger partial charge in [0.05, 0.1) is 7.11 Å². The first kappa shape index (κ1) is 11.9. The lowest BCUT2D eigenvalue weighted by atomic mass is 10.0. The molecular weight excluding hydrogens is 260 g/mol. The van der Waals surface area contributed by atoms with Gasteiger partial charge in [0.2, 0.25) is 0 Å². The van der Waals surface area contributed by atoms with Crippen molar-refractivity contribution in [1.82, 2.24) is 9.97 Å². The van der Waals surface area contributed by atoms with E-state index >= 15 is 0 Å². The highest BCUT2D eigenvalue weighted by Crippen LogP contribution is 2.33. The molecular formula is C15H11ClN2O. The zero-order chi connectivity index (χ0) is 13.2. The second kappa shape index (κ2) is 4.86. The third kappa shape index (κ3) is 2.13. The fourth-order valence-electron chi connectivity index (χ4n) is 2.08. The number of hydrogen-bond acceptors (Lipinski definition) is 3. The first-order chi connectivity index (χ1) is 9.29. The molecule has 19 heavy (non-hydrogen) atoms. The Kier molecular flexibility index (Phi) is 3.05. The summed E-state index contributed by atoms with van der Waals surface area (Å²) in [4.78, 5) is 8.19. The highest BCUT2D eigenvalue weighted by molar-refractivity contribution is 6.31. The summed E-state index contributed by atoms with van der Waals surface area (Å²) in [7, 11) is 1.56. The summed E-state index contributed by atoms with van der Waals surface area (Å²) in [5, 5.41) is 2.66. The topological polar surface area (TPSA) is 35.0 Å². The summed E-state index contributed by atoms with van der Waals surface area (Å²) in [5.74, 6) is 0.499. The third-order valence-corrected chi connectivity index (χ3v) is 3.26. The number of benzene rings is 2. The molecule has 0 aliphatic heterocycles. The molecule has 0 aliphatic carbocycles. The van der Waals surface area contributed by atoms with Crippen LogP contribution in [0.5, 0.6) is 5.75 Å². The maximum Gasteiger partial charge on any atom is 0.182 e. The Morgan fingerprint density at radius 3 is 2.58 bits per heavy atom. The number of rotatable bonds is 2. The van der Waals surface area contributed by atoms with Crippen LogP contribution in [0.4, 0.5) is 0 Å². The van der Waals surface area contributed by atoms with Gasteiger partial charge >= 0.3 is 0 Å². The van der Waals surface area contributed by atoms with Crippen molar-refractivity contribution in [2.75, 3.05) is 7.11 Å². The van der Waals surface area contributed by atoms with Gasteiger partial charge in [0.25, 0.3) is 0 Å². The van der Waals surface area contributed by atoms with Crippen LogP contribution >= 0.6 is 11.6 Å². The van der Waals surface area contributed by atoms with E-state index in [4.69, 9.17) is 16.3 Å². The highest BCUT2D eigenvalue weighted by Gasteiger charge is 2.12. The number of aromatic nitrogens is 2. The second-order valence-corrected chi connectivity index (χ2v) is 4.47. The zero-order valence-corrected chi connectivity index (χ0v) is 11.1. The molecule has 3 nitrogen and oxygen atoms in total. The average molecular weight is 271 g/mol. The molecule has 0 N–H and O–H groups in total. The average Bonchev–Trinajstić information content (AvgIpc) is 2.46. The molecule has 4 heteroatoms. The summed E-state index contributed by atoms with van der Waals surface area (Å²) >= 11 is 6.02. The molecule has 0 aliphatic rings. The predicted molar refractivity (Wildman–Crippen MR) is 76.5 cm³/mol. The molecule has 0 spiro atoms. The van der Waals surface area contributed by atoms with Gasteiger partial charge in [0.15, 0.2) is 10.9 Å². The van der Waals surface area contributed by atoms with Crippen molar-refractivity contribution in [3.63, 3.8) is 0 Å². The molecule has 0 saturated heterocycles. The van der Waals surface area contributed by atoms with E-state index < -0.39 is 0 Å². The van der Waals surface area contributed by atoms with Gasteiger partial charge in [-0.15, -0.1) is 0 Å². The monoisotopic (exact) mass is 270 g/mol. The number of halogens is 1. The van der Waals surface area contributed by atoms with Crippen LogP contribution in [0.25, 0.3) is 22.0 Å². The van der Waals surface area contributed by atoms with E-state index in [9.17, 15) is 0 Å². The standard InChI is InChI=1S/C15H11ClN2O/c1-19-14-13(17-9-18-15(14)16)12-7-6-10-4-2-3-5-11(10)8-12/h2-9H,1H3. The Bertz CT molecular complexity index is 743. The minimum atomic E-state index is 0.320. The van der Waals surface area contributed by atoms with Gasteiger partial charge in [0.1, 0.15) is 12.0 Å². The van der Waals surface area contributed by atoms with Crippen LogP contribution in [0.15, 0.2) is 48.8 Å². The summed E-state index contributed by atoms with van der Waals surface area (Å²) < 4.78 is 5.29. The number of ether oxygens (including phenoxy) is 1. The van der Waals surface area contributed by atoms with Crippen molar-refractivity contribution in [1.29, 1.82) is 0 Å². The predicted octanol–water partition coefficient (Wildman–Crippen LogP) is 3.96. The van der Waals surface area contributed by atoms with Gasteiger partial charge in [-0.2, -0.15) is 0 Å². The third-order valence-electron chi connectivity index (χ3n) is 2.99. The van der Waals surface area contributed by atoms with E-state index in [2.05, 4.69) is 34.2 Å². The van der Waals surface area contributed by atoms with Crippen molar-refractivity contribution < 1.29 is 4.74 Å². The minimum absolute atomic E-state index is 0.320. The van der Waals surface area contributed by atoms with Gasteiger partial charge in [-0.05, 0) is 16.8 Å². The number of nitrogens with zero attached hydrogens (tertiary/aromatic N) is 2. The summed E-state index contributed by atoms with van der Waals surface area (Å²) in [5.41, 5.74) is 1.66. The fraction of sp³-hybridized carbons (Fsp3) is 0.0667. The Balaban J connectivity index is 2.22. The number of hydrogen-bond donors (Lipinski definition) is 0. The molecule has 3 rings (SSSR count). The molecule has 3 aromatic rings. The minimum Gasteiger partial charge on any atom is -0.491 e. The smallest absolute Gasteiger partial charge is 0.182 e. The maximum atomic E-state index is 6.02. The molecule has 0 unspecified atom stereocenters. The first-order valence-electron chi connectivity index (χ1n) is 5.83. The van der Waals surface area contributed by atoms with E-state index in [1.165, 1.54) is 11.7 Å². The van der Waals surface area contributed by atoms with Gasteiger partial charge in [-0.1, -0.05) is 48.0 Å². The van der Waals surface area contributed by atoms with Crippen LogP contribution in [-0.4, -0.2) is 17.1 Å². The zero-order valence-electron chi connectivity index (χ0n) is 10.3. The van der Waals surface area contributed by atoms with Crippen LogP contribution in [0, 0.1) is 0 Å². The molecule has 0 amide bonds. The SMILES string of the molecule is COc1c(Cl)ncnc1-c1ccc2ccccc2c1. The lowest BCUT2D eigenvalue weighted by Gasteiger charge is -2.09. The van der Waals surface area contributed by atoms with Gasteiger partial charge < -0.3 is 4.74 Å². The van der Waals surface area contributed by atoms with Crippen molar-refractivity contribution in [3.05, 3.63) is 53.9 Å². The van der Waals surface area contributed by atoms with Crippen molar-refractivity contribution in [3.8, 4) is 17.0 Å². The molecule has 0 saturated carbocycles. The Morgan fingerprint density at radius 1 is 1.00 bits per heavy atom. The van der Waals surface area contributed by atoms with E-state index in [-0.39, 0.29) is 0 Å². The van der Waals surface area contributed by atoms with E-state index in [0.717, 1.165) is 10.9 Å². The Hall–Kier alpha value is -2.13. The lowest BCUT2D eigenvalue weighted by Crippen LogP contribution is -1.94. The first-order valence-corrected chi connectivity index (χ1v) is 6.21. The quantitative estimate of drug-likeness (QED) is 0.661. The number of fused-ring (bicyclic) bond motifs is 1. The summed E-state index contributed by atoms with van der Waals surface area (Å²) in [6.07, 6.45) is 1.44. The van der Waals surface area contributed by atoms with Crippen LogP contribution in [0.2, 0.25) is 5.15 Å². The van der Waals surface area contributed by atoms with E-state index in [1.807, 2.05) is 18.2 Å². The molecule has 0 radical (unpaired) electrons. The van der Waals surface area contributed by atoms with Crippen LogP contribution < -0.4 is 4.74 Å². The van der Waals surface area contributed by atoms with Crippen LogP contribution in [0.1, 0.15) is 0 Å². The van der Waals surface area contributed by atoms with Gasteiger partial charge in [0, 0.05) is 5.56 Å². The van der Waals surface area contributed by atoms with Crippen molar-refractivity contribution in [2.45, 2.75) is 0 Å². The number of methoxy groups -OCH3 is 1. The fourth-order valence-corrected chi connectivity index (χ4v) is 2.29. The second-order valence-electron chi connectivity index (χ2n) is 4.11. The Morgan fingerprint density at radius 2 is 1.79 bits per heavy atom. The van der Waals surface area contributed by atoms with Gasteiger partial charge in [-0.25, -0.2) is 9.97 Å². The molecule has 1 heterocycles. The van der Waals surface area contributed by atoms with Crippen LogP contribution in [0.3, 0.4) is 0 Å². The van der Waals surface area contributed by atoms with E-state index in [0.29, 0.717) is 16.6 Å². The molecule has 1 aromatic heterocycles. The summed E-state index contributed by atoms with van der Waals surface area (Å²) in [6.45, 7) is 0. The van der Waals surface area contributed by atoms with E-state index in [1.54, 1.807) is 7.11 Å². The van der Waals surface area contributed by atoms with Crippen LogP contribution in [-0.2, 0) is 0 Å². The van der Waals surface area contributed by atoms with Gasteiger partial charge in [-0.3, -0.25) is 0 Å². The molecule has 2 aromatic carbocycles. The largest absolute Gasteiger partial charge is 0.491 e. The molecule has 0 bridgehead atoms.